The number of fused-ring (bicyclic) bond motifs is 4. The standard InChI is InChI=1S/C33H36ClF3N6O2/c1-20(35)30(44)43-17-16-41(18-21(43)8-13-38)29-23-7-12-32(11-6-22-24(32)4-2-5-25(22)34)28(37)27(23)39-31(40-29)45-19-33-10-3-14-42(33)15-9-26(33)36/h2,4-5,21,26,28H,1,3,6-12,14-19H2/t21-,26-,28-,32+,33+/m0/s1. The maximum atomic E-state index is 17.1. The number of carbonyl (C=O) groups excluding carboxylic acids is 1. The molecule has 2 aliphatic carbocycles. The molecule has 0 N–H and O–H groups in total. The van der Waals surface area contributed by atoms with E-state index in [0.29, 0.717) is 61.5 Å². The van der Waals surface area contributed by atoms with Gasteiger partial charge < -0.3 is 14.5 Å². The van der Waals surface area contributed by atoms with Gasteiger partial charge in [-0.15, -0.1) is 0 Å². The van der Waals surface area contributed by atoms with Gasteiger partial charge in [-0.25, -0.2) is 13.2 Å². The van der Waals surface area contributed by atoms with Crippen LogP contribution in [0, 0.1) is 11.3 Å². The first kappa shape index (κ1) is 30.3. The Balaban J connectivity index is 1.26. The molecule has 3 saturated heterocycles. The first-order valence-electron chi connectivity index (χ1n) is 15.8. The van der Waals surface area contributed by atoms with E-state index in [-0.39, 0.29) is 44.4 Å². The zero-order valence-corrected chi connectivity index (χ0v) is 25.8. The van der Waals surface area contributed by atoms with Crippen LogP contribution < -0.4 is 9.64 Å². The molecule has 2 aromatic rings. The highest BCUT2D eigenvalue weighted by atomic mass is 35.5. The van der Waals surface area contributed by atoms with E-state index in [4.69, 9.17) is 26.3 Å². The average molecular weight is 641 g/mol. The molecule has 45 heavy (non-hydrogen) atoms. The van der Waals surface area contributed by atoms with Crippen LogP contribution in [0.4, 0.5) is 19.0 Å². The Morgan fingerprint density at radius 1 is 1.13 bits per heavy atom. The summed E-state index contributed by atoms with van der Waals surface area (Å²) in [5.41, 5.74) is 1.27. The van der Waals surface area contributed by atoms with Crippen molar-refractivity contribution in [2.45, 2.75) is 80.7 Å². The van der Waals surface area contributed by atoms with Crippen molar-refractivity contribution < 1.29 is 22.7 Å². The average Bonchev–Trinajstić information content (AvgIpc) is 3.71. The summed E-state index contributed by atoms with van der Waals surface area (Å²) in [6, 6.07) is 7.13. The van der Waals surface area contributed by atoms with E-state index in [1.807, 2.05) is 23.1 Å². The van der Waals surface area contributed by atoms with Gasteiger partial charge in [0.05, 0.1) is 29.8 Å². The Hall–Kier alpha value is -3.36. The van der Waals surface area contributed by atoms with Gasteiger partial charge in [0.25, 0.3) is 5.91 Å². The van der Waals surface area contributed by atoms with Crippen molar-refractivity contribution in [3.63, 3.8) is 0 Å². The van der Waals surface area contributed by atoms with Gasteiger partial charge in [0.1, 0.15) is 18.6 Å². The minimum atomic E-state index is -1.46. The number of alkyl halides is 2. The molecule has 7 rings (SSSR count). The molecule has 0 bridgehead atoms. The number of nitrogens with zero attached hydrogens (tertiary/aromatic N) is 6. The van der Waals surface area contributed by atoms with E-state index in [0.717, 1.165) is 24.1 Å². The molecule has 1 aromatic carbocycles. The van der Waals surface area contributed by atoms with Crippen LogP contribution >= 0.6 is 11.6 Å². The third-order valence-electron chi connectivity index (χ3n) is 11.0. The first-order chi connectivity index (χ1) is 21.7. The molecule has 4 heterocycles. The van der Waals surface area contributed by atoms with E-state index in [1.165, 1.54) is 4.90 Å². The van der Waals surface area contributed by atoms with E-state index >= 15 is 8.78 Å². The number of rotatable bonds is 6. The lowest BCUT2D eigenvalue weighted by molar-refractivity contribution is -0.131. The highest BCUT2D eigenvalue weighted by molar-refractivity contribution is 6.31. The molecule has 12 heteroatoms. The van der Waals surface area contributed by atoms with Gasteiger partial charge >= 0.3 is 6.01 Å². The van der Waals surface area contributed by atoms with Crippen LogP contribution in [0.25, 0.3) is 0 Å². The van der Waals surface area contributed by atoms with Gasteiger partial charge in [0, 0.05) is 42.2 Å². The fraction of sp³-hybridized carbons (Fsp3) is 0.576. The summed E-state index contributed by atoms with van der Waals surface area (Å²) in [5, 5.41) is 10.1. The fourth-order valence-corrected chi connectivity index (χ4v) is 8.91. The number of hydrogen-bond donors (Lipinski definition) is 0. The summed E-state index contributed by atoms with van der Waals surface area (Å²) < 4.78 is 52.4. The number of carbonyl (C=O) groups is 1. The second-order valence-corrected chi connectivity index (χ2v) is 13.5. The van der Waals surface area contributed by atoms with Crippen LogP contribution in [0.2, 0.25) is 5.02 Å². The largest absolute Gasteiger partial charge is 0.461 e. The van der Waals surface area contributed by atoms with E-state index < -0.39 is 41.1 Å². The minimum Gasteiger partial charge on any atom is -0.461 e. The normalized spacial score (nSPS) is 30.6. The Kier molecular flexibility index (Phi) is 7.72. The van der Waals surface area contributed by atoms with Crippen LogP contribution in [-0.2, 0) is 23.1 Å². The lowest BCUT2D eigenvalue weighted by atomic mass is 9.68. The number of anilines is 1. The second-order valence-electron chi connectivity index (χ2n) is 13.1. The van der Waals surface area contributed by atoms with Crippen LogP contribution in [0.1, 0.15) is 67.1 Å². The van der Waals surface area contributed by atoms with Crippen molar-refractivity contribution in [3.8, 4) is 12.1 Å². The smallest absolute Gasteiger partial charge is 0.318 e. The molecule has 5 aliphatic rings. The highest BCUT2D eigenvalue weighted by Crippen LogP contribution is 2.57. The number of ether oxygens (including phenoxy) is 1. The molecule has 8 nitrogen and oxygen atoms in total. The molecule has 3 aliphatic heterocycles. The number of benzene rings is 1. The lowest BCUT2D eigenvalue weighted by Crippen LogP contribution is -2.55. The number of aromatic nitrogens is 2. The third kappa shape index (κ3) is 4.78. The van der Waals surface area contributed by atoms with Gasteiger partial charge in [0.15, 0.2) is 12.0 Å². The summed E-state index contributed by atoms with van der Waals surface area (Å²) in [6.45, 7) is 5.31. The molecule has 0 radical (unpaired) electrons. The van der Waals surface area contributed by atoms with Crippen molar-refractivity contribution in [3.05, 3.63) is 58.0 Å². The number of nitriles is 1. The third-order valence-corrected chi connectivity index (χ3v) is 11.3. The zero-order chi connectivity index (χ0) is 31.5. The number of hydrogen-bond acceptors (Lipinski definition) is 7. The Morgan fingerprint density at radius 3 is 2.71 bits per heavy atom. The Labute approximate surface area is 265 Å². The molecular weight excluding hydrogens is 605 g/mol. The van der Waals surface area contributed by atoms with Crippen molar-refractivity contribution in [2.75, 3.05) is 44.2 Å². The van der Waals surface area contributed by atoms with Gasteiger partial charge in [-0.05, 0) is 68.7 Å². The summed E-state index contributed by atoms with van der Waals surface area (Å²) >= 11 is 6.53. The summed E-state index contributed by atoms with van der Waals surface area (Å²) in [7, 11) is 0. The van der Waals surface area contributed by atoms with Gasteiger partial charge in [0.2, 0.25) is 0 Å². The topological polar surface area (TPSA) is 85.6 Å². The quantitative estimate of drug-likeness (QED) is 0.394. The molecule has 0 unspecified atom stereocenters. The summed E-state index contributed by atoms with van der Waals surface area (Å²) in [6.07, 6.45) is 1.81. The van der Waals surface area contributed by atoms with Crippen LogP contribution in [0.3, 0.4) is 0 Å². The number of amides is 1. The lowest BCUT2D eigenvalue weighted by Gasteiger charge is -2.43. The van der Waals surface area contributed by atoms with Gasteiger partial charge in [-0.1, -0.05) is 30.3 Å². The molecular formula is C33H36ClF3N6O2. The zero-order valence-electron chi connectivity index (χ0n) is 25.1. The predicted molar refractivity (Wildman–Crippen MR) is 162 cm³/mol. The molecule has 1 aromatic heterocycles. The van der Waals surface area contributed by atoms with Crippen LogP contribution in [0.5, 0.6) is 6.01 Å². The van der Waals surface area contributed by atoms with Gasteiger partial charge in [-0.2, -0.15) is 15.2 Å². The molecule has 5 atom stereocenters. The Bertz CT molecular complexity index is 1590. The number of piperazine rings is 1. The highest BCUT2D eigenvalue weighted by Gasteiger charge is 2.54. The molecule has 238 valence electrons. The molecule has 1 amide bonds. The predicted octanol–water partition coefficient (Wildman–Crippen LogP) is 5.34. The second kappa shape index (κ2) is 11.5. The fourth-order valence-electron chi connectivity index (χ4n) is 8.64. The van der Waals surface area contributed by atoms with E-state index in [9.17, 15) is 14.4 Å². The van der Waals surface area contributed by atoms with E-state index in [1.54, 1.807) is 0 Å². The first-order valence-corrected chi connectivity index (χ1v) is 16.2. The monoisotopic (exact) mass is 640 g/mol. The molecule has 3 fully saturated rings. The SMILES string of the molecule is C=C(F)C(=O)N1CCN(c2nc(OC[C@@]34CCCN3CC[C@@H]4F)nc3c2CC[C@@]2(CCc4c(Cl)cccc42)[C@H]3F)C[C@@H]1CC#N. The van der Waals surface area contributed by atoms with Crippen LogP contribution in [0.15, 0.2) is 30.6 Å². The molecule has 1 spiro atoms. The summed E-state index contributed by atoms with van der Waals surface area (Å²) in [5.74, 6) is -1.44. The van der Waals surface area contributed by atoms with Crippen molar-refractivity contribution in [2.24, 2.45) is 0 Å². The maximum Gasteiger partial charge on any atom is 0.318 e. The van der Waals surface area contributed by atoms with Gasteiger partial charge in [-0.3, -0.25) is 9.69 Å². The maximum absolute atomic E-state index is 17.1. The van der Waals surface area contributed by atoms with Crippen molar-refractivity contribution in [1.29, 1.82) is 5.26 Å². The minimum absolute atomic E-state index is 0.0134. The van der Waals surface area contributed by atoms with Crippen molar-refractivity contribution in [1.82, 2.24) is 19.8 Å². The number of halogens is 4. The Morgan fingerprint density at radius 2 is 1.93 bits per heavy atom. The van der Waals surface area contributed by atoms with Crippen LogP contribution in [-0.4, -0.2) is 82.8 Å². The summed E-state index contributed by atoms with van der Waals surface area (Å²) in [4.78, 5) is 27.4. The van der Waals surface area contributed by atoms with Crippen molar-refractivity contribution >= 4 is 23.3 Å². The molecule has 0 saturated carbocycles. The van der Waals surface area contributed by atoms with E-state index in [2.05, 4.69) is 17.5 Å².